The normalized spacial score (nSPS) is 15.9. The van der Waals surface area contributed by atoms with Gasteiger partial charge in [-0.15, -0.1) is 0 Å². The van der Waals surface area contributed by atoms with Gasteiger partial charge < -0.3 is 28.8 Å². The first-order chi connectivity index (χ1) is 14.3. The van der Waals surface area contributed by atoms with Gasteiger partial charge >= 0.3 is 0 Å². The Morgan fingerprint density at radius 3 is 2.63 bits per heavy atom. The Morgan fingerprint density at radius 1 is 1.13 bits per heavy atom. The zero-order valence-corrected chi connectivity index (χ0v) is 17.1. The van der Waals surface area contributed by atoms with Crippen molar-refractivity contribution in [3.63, 3.8) is 0 Å². The van der Waals surface area contributed by atoms with Crippen LogP contribution in [0.1, 0.15) is 35.3 Å². The summed E-state index contributed by atoms with van der Waals surface area (Å²) in [5.74, 6) is 1.71. The third-order valence-electron chi connectivity index (χ3n) is 4.88. The number of carbonyl (C=O) groups is 1. The van der Waals surface area contributed by atoms with E-state index >= 15 is 0 Å². The standard InChI is InChI=1S/C23H22O7/c1-23(2)8-7-14-21(27-4)15(10-20(26-3)22(14)30-23)17(25)11-16(24)13-5-6-18-19(9-13)29-12-28-18/h5-11,24H,12H2,1-4H3. The highest BCUT2D eigenvalue weighted by Gasteiger charge is 2.30. The maximum Gasteiger partial charge on any atom is 0.231 e. The van der Waals surface area contributed by atoms with Crippen molar-refractivity contribution >= 4 is 17.6 Å². The van der Waals surface area contributed by atoms with E-state index in [1.807, 2.05) is 26.0 Å². The van der Waals surface area contributed by atoms with E-state index in [0.29, 0.717) is 39.9 Å². The monoisotopic (exact) mass is 410 g/mol. The zero-order valence-electron chi connectivity index (χ0n) is 17.1. The average molecular weight is 410 g/mol. The summed E-state index contributed by atoms with van der Waals surface area (Å²) in [4.78, 5) is 13.0. The number of ketones is 1. The topological polar surface area (TPSA) is 83.5 Å². The molecule has 2 heterocycles. The van der Waals surface area contributed by atoms with E-state index in [4.69, 9.17) is 23.7 Å². The van der Waals surface area contributed by atoms with Crippen LogP contribution in [0.3, 0.4) is 0 Å². The molecule has 0 fully saturated rings. The molecule has 2 aromatic carbocycles. The van der Waals surface area contributed by atoms with Crippen LogP contribution in [0.4, 0.5) is 0 Å². The number of fused-ring (bicyclic) bond motifs is 2. The Labute approximate surface area is 174 Å². The second-order valence-corrected chi connectivity index (χ2v) is 7.40. The van der Waals surface area contributed by atoms with E-state index in [-0.39, 0.29) is 18.1 Å². The Kier molecular flexibility index (Phi) is 4.81. The van der Waals surface area contributed by atoms with Gasteiger partial charge in [0.15, 0.2) is 28.8 Å². The zero-order chi connectivity index (χ0) is 21.5. The maximum absolute atomic E-state index is 13.0. The minimum atomic E-state index is -0.520. The van der Waals surface area contributed by atoms with Crippen LogP contribution in [-0.4, -0.2) is 37.5 Å². The van der Waals surface area contributed by atoms with E-state index < -0.39 is 11.4 Å². The van der Waals surface area contributed by atoms with Crippen LogP contribution >= 0.6 is 0 Å². The predicted octanol–water partition coefficient (Wildman–Crippen LogP) is 4.40. The highest BCUT2D eigenvalue weighted by atomic mass is 16.7. The number of aliphatic hydroxyl groups is 1. The molecule has 0 radical (unpaired) electrons. The number of aliphatic hydroxyl groups excluding tert-OH is 1. The van der Waals surface area contributed by atoms with Gasteiger partial charge in [0.2, 0.25) is 6.79 Å². The summed E-state index contributed by atoms with van der Waals surface area (Å²) in [6, 6.07) is 6.50. The van der Waals surface area contributed by atoms with Gasteiger partial charge in [0.25, 0.3) is 0 Å². The Balaban J connectivity index is 1.74. The highest BCUT2D eigenvalue weighted by molar-refractivity contribution is 6.11. The van der Waals surface area contributed by atoms with Gasteiger partial charge in [0.05, 0.1) is 25.3 Å². The van der Waals surface area contributed by atoms with Crippen LogP contribution in [0.25, 0.3) is 11.8 Å². The van der Waals surface area contributed by atoms with E-state index in [1.165, 1.54) is 14.2 Å². The van der Waals surface area contributed by atoms with Crippen molar-refractivity contribution in [3.8, 4) is 28.7 Å². The van der Waals surface area contributed by atoms with Crippen molar-refractivity contribution in [3.05, 3.63) is 53.1 Å². The van der Waals surface area contributed by atoms with Crippen LogP contribution in [0, 0.1) is 0 Å². The van der Waals surface area contributed by atoms with Gasteiger partial charge in [-0.3, -0.25) is 4.79 Å². The molecule has 2 aliphatic heterocycles. The lowest BCUT2D eigenvalue weighted by Crippen LogP contribution is -2.28. The second-order valence-electron chi connectivity index (χ2n) is 7.40. The molecule has 0 spiro atoms. The first-order valence-electron chi connectivity index (χ1n) is 9.35. The quantitative estimate of drug-likeness (QED) is 0.444. The molecule has 7 heteroatoms. The predicted molar refractivity (Wildman–Crippen MR) is 111 cm³/mol. The molecule has 0 amide bonds. The third-order valence-corrected chi connectivity index (χ3v) is 4.88. The lowest BCUT2D eigenvalue weighted by molar-refractivity contribution is 0.104. The molecule has 7 nitrogen and oxygen atoms in total. The Hall–Kier alpha value is -3.61. The van der Waals surface area contributed by atoms with Crippen LogP contribution < -0.4 is 23.7 Å². The van der Waals surface area contributed by atoms with Gasteiger partial charge in [0, 0.05) is 11.6 Å². The lowest BCUT2D eigenvalue weighted by atomic mass is 9.97. The number of hydrogen-bond acceptors (Lipinski definition) is 7. The Morgan fingerprint density at radius 2 is 1.90 bits per heavy atom. The van der Waals surface area contributed by atoms with Crippen LogP contribution in [0.5, 0.6) is 28.7 Å². The molecule has 0 unspecified atom stereocenters. The smallest absolute Gasteiger partial charge is 0.231 e. The van der Waals surface area contributed by atoms with Crippen molar-refractivity contribution in [2.75, 3.05) is 21.0 Å². The molecule has 0 atom stereocenters. The molecular formula is C23H22O7. The summed E-state index contributed by atoms with van der Waals surface area (Å²) in [5, 5.41) is 10.5. The van der Waals surface area contributed by atoms with Crippen molar-refractivity contribution in [2.45, 2.75) is 19.4 Å². The third kappa shape index (κ3) is 3.43. The van der Waals surface area contributed by atoms with Gasteiger partial charge in [-0.25, -0.2) is 0 Å². The number of ether oxygens (including phenoxy) is 5. The van der Waals surface area contributed by atoms with Gasteiger partial charge in [-0.2, -0.15) is 0 Å². The number of benzene rings is 2. The summed E-state index contributed by atoms with van der Waals surface area (Å²) >= 11 is 0. The lowest BCUT2D eigenvalue weighted by Gasteiger charge is -2.30. The number of hydrogen-bond donors (Lipinski definition) is 1. The molecule has 0 saturated heterocycles. The maximum atomic E-state index is 13.0. The molecular weight excluding hydrogens is 388 g/mol. The summed E-state index contributed by atoms with van der Waals surface area (Å²) < 4.78 is 27.6. The minimum Gasteiger partial charge on any atom is -0.507 e. The molecule has 0 bridgehead atoms. The molecule has 30 heavy (non-hydrogen) atoms. The first kappa shape index (κ1) is 19.7. The van der Waals surface area contributed by atoms with Gasteiger partial charge in [0.1, 0.15) is 17.1 Å². The molecule has 2 aromatic rings. The molecule has 2 aliphatic rings. The summed E-state index contributed by atoms with van der Waals surface area (Å²) in [5.41, 5.74) is 0.763. The average Bonchev–Trinajstić information content (AvgIpc) is 3.19. The molecule has 1 N–H and O–H groups in total. The van der Waals surface area contributed by atoms with E-state index in [1.54, 1.807) is 24.3 Å². The molecule has 0 saturated carbocycles. The minimum absolute atomic E-state index is 0.126. The summed E-state index contributed by atoms with van der Waals surface area (Å²) in [6.45, 7) is 3.97. The molecule has 0 aliphatic carbocycles. The Bertz CT molecular complexity index is 1080. The van der Waals surface area contributed by atoms with E-state index in [0.717, 1.165) is 6.08 Å². The first-order valence-corrected chi connectivity index (χ1v) is 9.35. The highest BCUT2D eigenvalue weighted by Crippen LogP contribution is 2.46. The summed E-state index contributed by atoms with van der Waals surface area (Å²) in [7, 11) is 2.98. The van der Waals surface area contributed by atoms with Crippen LogP contribution in [0.15, 0.2) is 36.4 Å². The van der Waals surface area contributed by atoms with Crippen molar-refractivity contribution < 1.29 is 33.6 Å². The largest absolute Gasteiger partial charge is 0.507 e. The number of carbonyl (C=O) groups excluding carboxylic acids is 1. The van der Waals surface area contributed by atoms with Crippen molar-refractivity contribution in [2.24, 2.45) is 0 Å². The van der Waals surface area contributed by atoms with E-state index in [9.17, 15) is 9.90 Å². The fourth-order valence-electron chi connectivity index (χ4n) is 3.38. The van der Waals surface area contributed by atoms with Crippen LogP contribution in [0.2, 0.25) is 0 Å². The molecule has 4 rings (SSSR count). The number of rotatable bonds is 5. The van der Waals surface area contributed by atoms with Crippen LogP contribution in [-0.2, 0) is 0 Å². The fourth-order valence-corrected chi connectivity index (χ4v) is 3.38. The number of allylic oxidation sites excluding steroid dienone is 1. The van der Waals surface area contributed by atoms with Crippen molar-refractivity contribution in [1.82, 2.24) is 0 Å². The SMILES string of the molecule is COc1cc(C(=O)C=C(O)c2ccc3c(c2)OCO3)c(OC)c2c1OC(C)(C)C=C2. The van der Waals surface area contributed by atoms with Gasteiger partial charge in [-0.1, -0.05) is 0 Å². The van der Waals surface area contributed by atoms with Gasteiger partial charge in [-0.05, 0) is 50.3 Å². The fraction of sp³-hybridized carbons (Fsp3) is 0.261. The second kappa shape index (κ2) is 7.33. The molecule has 0 aromatic heterocycles. The molecule has 156 valence electrons. The summed E-state index contributed by atoms with van der Waals surface area (Å²) in [6.07, 6.45) is 4.86. The van der Waals surface area contributed by atoms with E-state index in [2.05, 4.69) is 0 Å². The number of methoxy groups -OCH3 is 2. The van der Waals surface area contributed by atoms with Crippen molar-refractivity contribution in [1.29, 1.82) is 0 Å².